The van der Waals surface area contributed by atoms with E-state index in [0.29, 0.717) is 18.8 Å². The van der Waals surface area contributed by atoms with E-state index in [0.717, 1.165) is 29.3 Å². The number of hydrogen-bond acceptors (Lipinski definition) is 4. The van der Waals surface area contributed by atoms with E-state index >= 15 is 0 Å². The summed E-state index contributed by atoms with van der Waals surface area (Å²) in [7, 11) is -3.51. The molecule has 0 radical (unpaired) electrons. The van der Waals surface area contributed by atoms with E-state index in [1.807, 2.05) is 42.5 Å². The molecule has 0 atom stereocenters. The Morgan fingerprint density at radius 1 is 0.931 bits per heavy atom. The van der Waals surface area contributed by atoms with Crippen LogP contribution in [-0.4, -0.2) is 38.3 Å². The van der Waals surface area contributed by atoms with Crippen LogP contribution in [0.4, 0.5) is 11.4 Å². The van der Waals surface area contributed by atoms with Crippen LogP contribution in [0.1, 0.15) is 12.8 Å². The van der Waals surface area contributed by atoms with Crippen molar-refractivity contribution in [1.29, 1.82) is 0 Å². The Morgan fingerprint density at radius 3 is 2.48 bits per heavy atom. The van der Waals surface area contributed by atoms with Gasteiger partial charge in [0.05, 0.1) is 11.4 Å². The Kier molecular flexibility index (Phi) is 5.51. The third-order valence-corrected chi connectivity index (χ3v) is 6.94. The number of hydrogen-bond donors (Lipinski definition) is 2. The molecule has 3 aromatic rings. The molecule has 0 saturated carbocycles. The Hall–Kier alpha value is -2.90. The van der Waals surface area contributed by atoms with Crippen molar-refractivity contribution < 1.29 is 13.2 Å². The first-order chi connectivity index (χ1) is 14.0. The van der Waals surface area contributed by atoms with Gasteiger partial charge < -0.3 is 10.6 Å². The third kappa shape index (κ3) is 4.26. The molecule has 2 N–H and O–H groups in total. The van der Waals surface area contributed by atoms with Crippen LogP contribution in [0.3, 0.4) is 0 Å². The molecular weight excluding hydrogens is 386 g/mol. The van der Waals surface area contributed by atoms with Crippen molar-refractivity contribution in [2.75, 3.05) is 30.3 Å². The smallest absolute Gasteiger partial charge is 0.243 e. The van der Waals surface area contributed by atoms with Crippen LogP contribution in [-0.2, 0) is 14.8 Å². The fourth-order valence-corrected chi connectivity index (χ4v) is 5.14. The number of sulfonamides is 1. The molecule has 3 aromatic carbocycles. The van der Waals surface area contributed by atoms with Crippen molar-refractivity contribution in [3.05, 3.63) is 66.7 Å². The first-order valence-corrected chi connectivity index (χ1v) is 11.1. The molecule has 0 aliphatic carbocycles. The number of carbonyl (C=O) groups is 1. The number of nitrogens with one attached hydrogen (secondary N) is 2. The molecule has 0 spiro atoms. The van der Waals surface area contributed by atoms with E-state index in [2.05, 4.69) is 10.6 Å². The molecule has 1 saturated heterocycles. The number of amides is 1. The second-order valence-electron chi connectivity index (χ2n) is 7.07. The van der Waals surface area contributed by atoms with Crippen molar-refractivity contribution in [1.82, 2.24) is 4.31 Å². The van der Waals surface area contributed by atoms with E-state index in [1.54, 1.807) is 18.2 Å². The number of fused-ring (bicyclic) bond motifs is 1. The predicted octanol–water partition coefficient (Wildman–Crippen LogP) is 3.67. The molecule has 0 bridgehead atoms. The summed E-state index contributed by atoms with van der Waals surface area (Å²) in [4.78, 5) is 12.6. The summed E-state index contributed by atoms with van der Waals surface area (Å²) in [5.41, 5.74) is 1.35. The SMILES string of the molecule is O=C(CNc1cccc2ccccc12)Nc1cccc(S(=O)(=O)N2CCCC2)c1. The van der Waals surface area contributed by atoms with Gasteiger partial charge in [0.2, 0.25) is 15.9 Å². The zero-order valence-electron chi connectivity index (χ0n) is 16.0. The van der Waals surface area contributed by atoms with E-state index in [4.69, 9.17) is 0 Å². The Labute approximate surface area is 170 Å². The lowest BCUT2D eigenvalue weighted by atomic mass is 10.1. The maximum atomic E-state index is 12.7. The molecule has 150 valence electrons. The van der Waals surface area contributed by atoms with E-state index in [9.17, 15) is 13.2 Å². The number of anilines is 2. The lowest BCUT2D eigenvalue weighted by Gasteiger charge is -2.16. The Bertz CT molecular complexity index is 1130. The Morgan fingerprint density at radius 2 is 1.66 bits per heavy atom. The summed E-state index contributed by atoms with van der Waals surface area (Å²) in [5.74, 6) is -0.242. The van der Waals surface area contributed by atoms with Gasteiger partial charge in [-0.2, -0.15) is 4.31 Å². The van der Waals surface area contributed by atoms with E-state index in [1.165, 1.54) is 10.4 Å². The van der Waals surface area contributed by atoms with E-state index in [-0.39, 0.29) is 17.3 Å². The second-order valence-corrected chi connectivity index (χ2v) is 9.01. The maximum absolute atomic E-state index is 12.7. The van der Waals surface area contributed by atoms with Crippen LogP contribution < -0.4 is 10.6 Å². The minimum Gasteiger partial charge on any atom is -0.376 e. The van der Waals surface area contributed by atoms with Crippen LogP contribution in [0, 0.1) is 0 Å². The van der Waals surface area contributed by atoms with Gasteiger partial charge in [0, 0.05) is 29.9 Å². The monoisotopic (exact) mass is 409 g/mol. The normalized spacial score (nSPS) is 14.8. The molecule has 0 aromatic heterocycles. The average Bonchev–Trinajstić information content (AvgIpc) is 3.28. The van der Waals surface area contributed by atoms with Gasteiger partial charge in [-0.25, -0.2) is 8.42 Å². The third-order valence-electron chi connectivity index (χ3n) is 5.05. The molecule has 7 heteroatoms. The van der Waals surface area contributed by atoms with Crippen LogP contribution >= 0.6 is 0 Å². The van der Waals surface area contributed by atoms with Gasteiger partial charge in [0.1, 0.15) is 0 Å². The van der Waals surface area contributed by atoms with Crippen molar-refractivity contribution in [2.45, 2.75) is 17.7 Å². The highest BCUT2D eigenvalue weighted by Crippen LogP contribution is 2.24. The molecule has 1 aliphatic heterocycles. The van der Waals surface area contributed by atoms with Gasteiger partial charge in [0.25, 0.3) is 0 Å². The summed E-state index contributed by atoms with van der Waals surface area (Å²) in [6.07, 6.45) is 1.77. The molecule has 1 fully saturated rings. The number of nitrogens with zero attached hydrogens (tertiary/aromatic N) is 1. The van der Waals surface area contributed by atoms with Gasteiger partial charge in [0.15, 0.2) is 0 Å². The summed E-state index contributed by atoms with van der Waals surface area (Å²) < 4.78 is 26.9. The topological polar surface area (TPSA) is 78.5 Å². The minimum absolute atomic E-state index is 0.0805. The highest BCUT2D eigenvalue weighted by atomic mass is 32.2. The van der Waals surface area contributed by atoms with Crippen molar-refractivity contribution in [3.8, 4) is 0 Å². The zero-order chi connectivity index (χ0) is 20.3. The molecule has 6 nitrogen and oxygen atoms in total. The van der Waals surface area contributed by atoms with Crippen molar-refractivity contribution in [3.63, 3.8) is 0 Å². The van der Waals surface area contributed by atoms with Crippen molar-refractivity contribution in [2.24, 2.45) is 0 Å². The molecular formula is C22H23N3O3S. The minimum atomic E-state index is -3.51. The summed E-state index contributed by atoms with van der Waals surface area (Å²) >= 11 is 0. The van der Waals surface area contributed by atoms with Gasteiger partial charge >= 0.3 is 0 Å². The number of carbonyl (C=O) groups excluding carboxylic acids is 1. The van der Waals surface area contributed by atoms with Gasteiger partial charge in [-0.3, -0.25) is 4.79 Å². The van der Waals surface area contributed by atoms with Crippen LogP contribution in [0.25, 0.3) is 10.8 Å². The second kappa shape index (κ2) is 8.23. The molecule has 1 amide bonds. The first kappa shape index (κ1) is 19.4. The average molecular weight is 410 g/mol. The fourth-order valence-electron chi connectivity index (χ4n) is 3.57. The van der Waals surface area contributed by atoms with Crippen LogP contribution in [0.5, 0.6) is 0 Å². The predicted molar refractivity (Wildman–Crippen MR) is 116 cm³/mol. The standard InChI is InChI=1S/C22H23N3O3S/c26-22(16-23-21-12-5-8-17-7-1-2-11-20(17)21)24-18-9-6-10-19(15-18)29(27,28)25-13-3-4-14-25/h1-2,5-12,15,23H,3-4,13-14,16H2,(H,24,26). The molecule has 0 unspecified atom stereocenters. The molecule has 29 heavy (non-hydrogen) atoms. The fraction of sp³-hybridized carbons (Fsp3) is 0.227. The quantitative estimate of drug-likeness (QED) is 0.651. The van der Waals surface area contributed by atoms with Gasteiger partial charge in [-0.15, -0.1) is 0 Å². The zero-order valence-corrected chi connectivity index (χ0v) is 16.8. The summed E-state index contributed by atoms with van der Waals surface area (Å²) in [6.45, 7) is 1.18. The molecule has 1 aliphatic rings. The first-order valence-electron chi connectivity index (χ1n) is 9.66. The van der Waals surface area contributed by atoms with E-state index < -0.39 is 10.0 Å². The Balaban J connectivity index is 1.43. The maximum Gasteiger partial charge on any atom is 0.243 e. The lowest BCUT2D eigenvalue weighted by molar-refractivity contribution is -0.114. The summed E-state index contributed by atoms with van der Waals surface area (Å²) in [6, 6.07) is 20.3. The number of rotatable bonds is 6. The molecule has 4 rings (SSSR count). The van der Waals surface area contributed by atoms with Crippen LogP contribution in [0.15, 0.2) is 71.6 Å². The van der Waals surface area contributed by atoms with Gasteiger partial charge in [-0.05, 0) is 42.5 Å². The van der Waals surface area contributed by atoms with Crippen molar-refractivity contribution >= 4 is 38.1 Å². The highest BCUT2D eigenvalue weighted by molar-refractivity contribution is 7.89. The number of benzene rings is 3. The molecule has 1 heterocycles. The summed E-state index contributed by atoms with van der Waals surface area (Å²) in [5, 5.41) is 8.08. The largest absolute Gasteiger partial charge is 0.376 e. The van der Waals surface area contributed by atoms with Crippen LogP contribution in [0.2, 0.25) is 0 Å². The highest BCUT2D eigenvalue weighted by Gasteiger charge is 2.27. The van der Waals surface area contributed by atoms with Gasteiger partial charge in [-0.1, -0.05) is 42.5 Å². The lowest BCUT2D eigenvalue weighted by Crippen LogP contribution is -2.28.